The van der Waals surface area contributed by atoms with Crippen LogP contribution in [-0.2, 0) is 11.3 Å². The van der Waals surface area contributed by atoms with Crippen molar-refractivity contribution in [2.45, 2.75) is 20.4 Å². The second kappa shape index (κ2) is 5.60. The minimum atomic E-state index is 0.648. The van der Waals surface area contributed by atoms with Gasteiger partial charge in [0, 0.05) is 20.2 Å². The Morgan fingerprint density at radius 1 is 1.47 bits per heavy atom. The fraction of sp³-hybridized carbons (Fsp3) is 0.700. The fourth-order valence-electron chi connectivity index (χ4n) is 1.60. The number of rotatable bonds is 6. The van der Waals surface area contributed by atoms with E-state index in [0.717, 1.165) is 31.1 Å². The Labute approximate surface area is 90.8 Å². The van der Waals surface area contributed by atoms with Gasteiger partial charge in [0.15, 0.2) is 0 Å². The van der Waals surface area contributed by atoms with Crippen LogP contribution in [0.4, 0.5) is 11.5 Å². The van der Waals surface area contributed by atoms with Gasteiger partial charge in [-0.2, -0.15) is 5.10 Å². The first-order valence-corrected chi connectivity index (χ1v) is 5.29. The predicted octanol–water partition coefficient (Wildman–Crippen LogP) is 0.958. The summed E-state index contributed by atoms with van der Waals surface area (Å²) < 4.78 is 6.93. The van der Waals surface area contributed by atoms with Gasteiger partial charge < -0.3 is 15.4 Å². The van der Waals surface area contributed by atoms with Crippen molar-refractivity contribution in [3.63, 3.8) is 0 Å². The molecule has 0 saturated heterocycles. The topological polar surface area (TPSA) is 56.3 Å². The molecular weight excluding hydrogens is 192 g/mol. The van der Waals surface area contributed by atoms with Crippen molar-refractivity contribution < 1.29 is 4.74 Å². The van der Waals surface area contributed by atoms with Gasteiger partial charge in [0.2, 0.25) is 0 Å². The van der Waals surface area contributed by atoms with Gasteiger partial charge in [-0.15, -0.1) is 0 Å². The van der Waals surface area contributed by atoms with Crippen LogP contribution in [0.3, 0.4) is 0 Å². The Kier molecular flexibility index (Phi) is 4.42. The van der Waals surface area contributed by atoms with Crippen LogP contribution < -0.4 is 10.6 Å². The van der Waals surface area contributed by atoms with Crippen molar-refractivity contribution >= 4 is 11.5 Å². The smallest absolute Gasteiger partial charge is 0.150 e. The van der Waals surface area contributed by atoms with Crippen LogP contribution in [0.15, 0.2) is 6.20 Å². The molecule has 0 radical (unpaired) electrons. The summed E-state index contributed by atoms with van der Waals surface area (Å²) in [5.41, 5.74) is 6.63. The van der Waals surface area contributed by atoms with Crippen LogP contribution in [0.1, 0.15) is 13.8 Å². The number of nitrogen functional groups attached to an aromatic ring is 1. The molecule has 5 nitrogen and oxygen atoms in total. The molecule has 1 aromatic heterocycles. The molecule has 1 aromatic rings. The lowest BCUT2D eigenvalue weighted by Gasteiger charge is -2.22. The molecule has 0 atom stereocenters. The number of ether oxygens (including phenoxy) is 1. The molecule has 0 aliphatic carbocycles. The van der Waals surface area contributed by atoms with Gasteiger partial charge in [0.25, 0.3) is 0 Å². The first-order valence-electron chi connectivity index (χ1n) is 5.29. The Bertz CT molecular complexity index is 294. The van der Waals surface area contributed by atoms with Gasteiger partial charge >= 0.3 is 0 Å². The van der Waals surface area contributed by atoms with E-state index in [0.29, 0.717) is 6.61 Å². The maximum Gasteiger partial charge on any atom is 0.150 e. The Morgan fingerprint density at radius 3 is 2.67 bits per heavy atom. The first-order chi connectivity index (χ1) is 7.24. The summed E-state index contributed by atoms with van der Waals surface area (Å²) >= 11 is 0. The summed E-state index contributed by atoms with van der Waals surface area (Å²) in [7, 11) is 1.68. The van der Waals surface area contributed by atoms with Crippen LogP contribution >= 0.6 is 0 Å². The third-order valence-corrected chi connectivity index (χ3v) is 2.41. The van der Waals surface area contributed by atoms with E-state index in [2.05, 4.69) is 23.8 Å². The lowest BCUT2D eigenvalue weighted by Crippen LogP contribution is -2.26. The molecule has 2 N–H and O–H groups in total. The van der Waals surface area contributed by atoms with Crippen LogP contribution in [-0.4, -0.2) is 36.6 Å². The molecular formula is C10H20N4O. The number of nitrogens with zero attached hydrogens (tertiary/aromatic N) is 3. The number of hydrogen-bond acceptors (Lipinski definition) is 4. The summed E-state index contributed by atoms with van der Waals surface area (Å²) in [6.45, 7) is 7.46. The first kappa shape index (κ1) is 11.8. The molecule has 0 unspecified atom stereocenters. The summed E-state index contributed by atoms with van der Waals surface area (Å²) in [6.07, 6.45) is 1.70. The third kappa shape index (κ3) is 2.62. The molecule has 15 heavy (non-hydrogen) atoms. The van der Waals surface area contributed by atoms with Crippen molar-refractivity contribution in [2.75, 3.05) is 37.4 Å². The zero-order valence-electron chi connectivity index (χ0n) is 9.73. The van der Waals surface area contributed by atoms with E-state index in [1.165, 1.54) is 0 Å². The molecule has 0 aliphatic heterocycles. The van der Waals surface area contributed by atoms with Crippen LogP contribution in [0.25, 0.3) is 0 Å². The monoisotopic (exact) mass is 212 g/mol. The highest BCUT2D eigenvalue weighted by Crippen LogP contribution is 2.22. The van der Waals surface area contributed by atoms with Crippen molar-refractivity contribution in [2.24, 2.45) is 0 Å². The van der Waals surface area contributed by atoms with Gasteiger partial charge in [0.1, 0.15) is 5.82 Å². The van der Waals surface area contributed by atoms with E-state index < -0.39 is 0 Å². The number of methoxy groups -OCH3 is 1. The number of nitrogens with two attached hydrogens (primary N) is 1. The summed E-state index contributed by atoms with van der Waals surface area (Å²) in [5.74, 6) is 0.997. The summed E-state index contributed by atoms with van der Waals surface area (Å²) in [5, 5.41) is 4.24. The highest BCUT2D eigenvalue weighted by atomic mass is 16.5. The Hall–Kier alpha value is -1.23. The van der Waals surface area contributed by atoms with Crippen molar-refractivity contribution in [3.05, 3.63) is 6.20 Å². The number of hydrogen-bond donors (Lipinski definition) is 1. The molecule has 0 saturated carbocycles. The quantitative estimate of drug-likeness (QED) is 0.763. The van der Waals surface area contributed by atoms with E-state index in [9.17, 15) is 0 Å². The second-order valence-corrected chi connectivity index (χ2v) is 3.31. The average Bonchev–Trinajstić information content (AvgIpc) is 2.60. The normalized spacial score (nSPS) is 10.6. The van der Waals surface area contributed by atoms with Gasteiger partial charge in [-0.3, -0.25) is 0 Å². The molecule has 0 aromatic carbocycles. The minimum Gasteiger partial charge on any atom is -0.394 e. The Morgan fingerprint density at radius 2 is 2.13 bits per heavy atom. The molecule has 0 spiro atoms. The number of anilines is 2. The third-order valence-electron chi connectivity index (χ3n) is 2.41. The number of aromatic nitrogens is 2. The minimum absolute atomic E-state index is 0.648. The lowest BCUT2D eigenvalue weighted by molar-refractivity contribution is 0.184. The standard InChI is InChI=1S/C10H20N4O/c1-4-13(5-2)10-9(11)8-12-14(10)6-7-15-3/h8H,4-7,11H2,1-3H3. The van der Waals surface area contributed by atoms with Crippen LogP contribution in [0, 0.1) is 0 Å². The van der Waals surface area contributed by atoms with E-state index in [1.807, 2.05) is 4.68 Å². The average molecular weight is 212 g/mol. The van der Waals surface area contributed by atoms with Crippen molar-refractivity contribution in [1.82, 2.24) is 9.78 Å². The van der Waals surface area contributed by atoms with Gasteiger partial charge in [0.05, 0.1) is 25.0 Å². The molecule has 0 amide bonds. The van der Waals surface area contributed by atoms with Gasteiger partial charge in [-0.05, 0) is 13.8 Å². The SMILES string of the molecule is CCN(CC)c1c(N)cnn1CCOC. The molecule has 1 rings (SSSR count). The lowest BCUT2D eigenvalue weighted by atomic mass is 10.4. The molecule has 0 fully saturated rings. The van der Waals surface area contributed by atoms with E-state index in [1.54, 1.807) is 13.3 Å². The molecule has 0 bridgehead atoms. The van der Waals surface area contributed by atoms with Gasteiger partial charge in [-0.25, -0.2) is 4.68 Å². The Balaban J connectivity index is 2.87. The molecule has 0 aliphatic rings. The maximum atomic E-state index is 5.90. The van der Waals surface area contributed by atoms with E-state index >= 15 is 0 Å². The molecule has 1 heterocycles. The van der Waals surface area contributed by atoms with E-state index in [-0.39, 0.29) is 0 Å². The largest absolute Gasteiger partial charge is 0.394 e. The van der Waals surface area contributed by atoms with E-state index in [4.69, 9.17) is 10.5 Å². The highest BCUT2D eigenvalue weighted by Gasteiger charge is 2.12. The van der Waals surface area contributed by atoms with Crippen molar-refractivity contribution in [1.29, 1.82) is 0 Å². The molecule has 86 valence electrons. The van der Waals surface area contributed by atoms with Crippen LogP contribution in [0.5, 0.6) is 0 Å². The van der Waals surface area contributed by atoms with Gasteiger partial charge in [-0.1, -0.05) is 0 Å². The van der Waals surface area contributed by atoms with Crippen LogP contribution in [0.2, 0.25) is 0 Å². The fourth-order valence-corrected chi connectivity index (χ4v) is 1.60. The highest BCUT2D eigenvalue weighted by molar-refractivity contribution is 5.62. The summed E-state index contributed by atoms with van der Waals surface area (Å²) in [4.78, 5) is 2.19. The zero-order valence-corrected chi connectivity index (χ0v) is 9.73. The summed E-state index contributed by atoms with van der Waals surface area (Å²) in [6, 6.07) is 0. The maximum absolute atomic E-state index is 5.90. The predicted molar refractivity (Wildman–Crippen MR) is 62.1 cm³/mol. The molecule has 5 heteroatoms. The van der Waals surface area contributed by atoms with Crippen molar-refractivity contribution in [3.8, 4) is 0 Å². The second-order valence-electron chi connectivity index (χ2n) is 3.31. The zero-order chi connectivity index (χ0) is 11.3.